The number of carbonyl (C=O) groups is 2. The summed E-state index contributed by atoms with van der Waals surface area (Å²) in [5, 5.41) is 1.14. The van der Waals surface area contributed by atoms with E-state index in [9.17, 15) is 14.4 Å². The van der Waals surface area contributed by atoms with Gasteiger partial charge in [-0.25, -0.2) is 0 Å². The van der Waals surface area contributed by atoms with E-state index in [4.69, 9.17) is 38.1 Å². The van der Waals surface area contributed by atoms with Crippen molar-refractivity contribution in [2.75, 3.05) is 11.5 Å². The number of amides is 2. The molecule has 0 fully saturated rings. The van der Waals surface area contributed by atoms with Crippen LogP contribution in [0.15, 0.2) is 69.9 Å². The lowest BCUT2D eigenvalue weighted by Crippen LogP contribution is -2.29. The Balaban J connectivity index is 1.71. The molecular weight excluding hydrogens is 491 g/mol. The summed E-state index contributed by atoms with van der Waals surface area (Å²) in [7, 11) is 0. The molecular formula is C26H18Cl2N2O5. The number of carbonyl (C=O) groups excluding carboxylic acids is 2. The van der Waals surface area contributed by atoms with Crippen molar-refractivity contribution in [3.05, 3.63) is 103 Å². The van der Waals surface area contributed by atoms with Crippen LogP contribution in [-0.2, 0) is 4.79 Å². The van der Waals surface area contributed by atoms with Gasteiger partial charge >= 0.3 is 0 Å². The van der Waals surface area contributed by atoms with Crippen molar-refractivity contribution in [3.63, 3.8) is 0 Å². The predicted molar refractivity (Wildman–Crippen MR) is 133 cm³/mol. The van der Waals surface area contributed by atoms with Gasteiger partial charge in [-0.15, -0.1) is 0 Å². The second-order valence-corrected chi connectivity index (χ2v) is 8.99. The van der Waals surface area contributed by atoms with Gasteiger partial charge in [0.2, 0.25) is 5.76 Å². The Hall–Kier alpha value is -3.81. The summed E-state index contributed by atoms with van der Waals surface area (Å²) in [6, 6.07) is 15.9. The topological polar surface area (TPSA) is 103 Å². The number of nitrogens with zero attached hydrogens (tertiary/aromatic N) is 1. The van der Waals surface area contributed by atoms with E-state index in [1.165, 1.54) is 11.0 Å². The van der Waals surface area contributed by atoms with Crippen LogP contribution >= 0.6 is 23.2 Å². The fraction of sp³-hybridized carbons (Fsp3) is 0.115. The van der Waals surface area contributed by atoms with Crippen LogP contribution in [0.5, 0.6) is 5.75 Å². The van der Waals surface area contributed by atoms with Gasteiger partial charge in [-0.3, -0.25) is 19.3 Å². The summed E-state index contributed by atoms with van der Waals surface area (Å²) in [5.74, 6) is -0.692. The number of rotatable bonds is 5. The molecule has 5 rings (SSSR count). The first-order chi connectivity index (χ1) is 16.7. The molecule has 0 radical (unpaired) electrons. The van der Waals surface area contributed by atoms with Crippen molar-refractivity contribution in [1.29, 1.82) is 0 Å². The first-order valence-corrected chi connectivity index (χ1v) is 11.4. The monoisotopic (exact) mass is 508 g/mol. The molecule has 0 aliphatic carbocycles. The van der Waals surface area contributed by atoms with Crippen LogP contribution in [-0.4, -0.2) is 18.4 Å². The maximum atomic E-state index is 13.6. The molecule has 0 spiro atoms. The van der Waals surface area contributed by atoms with Crippen molar-refractivity contribution >= 4 is 51.7 Å². The molecule has 2 N–H and O–H groups in total. The maximum absolute atomic E-state index is 13.6. The van der Waals surface area contributed by atoms with E-state index in [1.54, 1.807) is 54.6 Å². The van der Waals surface area contributed by atoms with Crippen molar-refractivity contribution in [2.24, 2.45) is 5.73 Å². The minimum atomic E-state index is -0.791. The molecule has 1 unspecified atom stereocenters. The number of benzene rings is 3. The predicted octanol–water partition coefficient (Wildman–Crippen LogP) is 5.02. The van der Waals surface area contributed by atoms with Gasteiger partial charge in [0, 0.05) is 15.7 Å². The third-order valence-corrected chi connectivity index (χ3v) is 6.49. The number of nitrogens with two attached hydrogens (primary N) is 1. The molecule has 2 heterocycles. The highest BCUT2D eigenvalue weighted by Crippen LogP contribution is 2.42. The van der Waals surface area contributed by atoms with E-state index in [2.05, 4.69) is 0 Å². The number of hydrogen-bond donors (Lipinski definition) is 1. The second kappa shape index (κ2) is 8.76. The summed E-state index contributed by atoms with van der Waals surface area (Å²) in [6.07, 6.45) is 0. The fourth-order valence-electron chi connectivity index (χ4n) is 4.16. The second-order valence-electron chi connectivity index (χ2n) is 8.15. The van der Waals surface area contributed by atoms with Crippen molar-refractivity contribution in [3.8, 4) is 5.75 Å². The van der Waals surface area contributed by atoms with Crippen molar-refractivity contribution in [1.82, 2.24) is 0 Å². The molecule has 1 atom stereocenters. The highest BCUT2D eigenvalue weighted by molar-refractivity contribution is 6.32. The number of halogens is 2. The lowest BCUT2D eigenvalue weighted by molar-refractivity contribution is -0.119. The summed E-state index contributed by atoms with van der Waals surface area (Å²) in [4.78, 5) is 39.8. The van der Waals surface area contributed by atoms with E-state index in [-0.39, 0.29) is 34.3 Å². The third kappa shape index (κ3) is 4.03. The number of fused-ring (bicyclic) bond motifs is 2. The van der Waals surface area contributed by atoms with Gasteiger partial charge < -0.3 is 14.9 Å². The zero-order chi connectivity index (χ0) is 24.9. The van der Waals surface area contributed by atoms with Gasteiger partial charge in [0.25, 0.3) is 11.8 Å². The van der Waals surface area contributed by atoms with Crippen LogP contribution in [0.1, 0.15) is 33.3 Å². The lowest BCUT2D eigenvalue weighted by Gasteiger charge is -2.25. The molecule has 4 aromatic rings. The summed E-state index contributed by atoms with van der Waals surface area (Å²) in [6.45, 7) is 1.59. The molecule has 0 saturated heterocycles. The smallest absolute Gasteiger partial charge is 0.295 e. The largest absolute Gasteiger partial charge is 0.484 e. The minimum Gasteiger partial charge on any atom is -0.484 e. The molecule has 1 aromatic heterocycles. The van der Waals surface area contributed by atoms with Gasteiger partial charge in [-0.1, -0.05) is 41.4 Å². The zero-order valence-electron chi connectivity index (χ0n) is 18.4. The quantitative estimate of drug-likeness (QED) is 0.407. The molecule has 9 heteroatoms. The standard InChI is InChI=1S/C26H18Cl2N2O5/c1-13-2-6-16(11-19(13)28)30-23(14-3-7-17(8-4-14)34-12-21(29)31)22-24(32)18-10-15(27)5-9-20(18)35-25(22)26(30)33/h2-11,23H,12H2,1H3,(H2,29,31). The number of aryl methyl sites for hydroxylation is 1. The van der Waals surface area contributed by atoms with Gasteiger partial charge in [0.15, 0.2) is 12.0 Å². The number of ether oxygens (including phenoxy) is 1. The first-order valence-electron chi connectivity index (χ1n) is 10.6. The average molecular weight is 509 g/mol. The molecule has 0 saturated carbocycles. The molecule has 7 nitrogen and oxygen atoms in total. The number of hydrogen-bond acceptors (Lipinski definition) is 5. The fourth-order valence-corrected chi connectivity index (χ4v) is 4.51. The van der Waals surface area contributed by atoms with Crippen LogP contribution in [0.4, 0.5) is 5.69 Å². The molecule has 35 heavy (non-hydrogen) atoms. The van der Waals surface area contributed by atoms with Crippen molar-refractivity contribution in [2.45, 2.75) is 13.0 Å². The molecule has 2 amide bonds. The Morgan fingerprint density at radius 3 is 2.49 bits per heavy atom. The summed E-state index contributed by atoms with van der Waals surface area (Å²) < 4.78 is 11.3. The Morgan fingerprint density at radius 1 is 1.06 bits per heavy atom. The summed E-state index contributed by atoms with van der Waals surface area (Å²) >= 11 is 12.5. The van der Waals surface area contributed by atoms with Crippen LogP contribution in [0, 0.1) is 6.92 Å². The number of primary amides is 1. The van der Waals surface area contributed by atoms with Gasteiger partial charge in [-0.2, -0.15) is 0 Å². The molecule has 176 valence electrons. The van der Waals surface area contributed by atoms with Crippen LogP contribution in [0.25, 0.3) is 11.0 Å². The minimum absolute atomic E-state index is 0.0411. The molecule has 0 bridgehead atoms. The van der Waals surface area contributed by atoms with Crippen LogP contribution in [0.2, 0.25) is 10.0 Å². The molecule has 1 aliphatic heterocycles. The Kier molecular flexibility index (Phi) is 5.75. The third-order valence-electron chi connectivity index (χ3n) is 5.84. The highest BCUT2D eigenvalue weighted by Gasteiger charge is 2.43. The van der Waals surface area contributed by atoms with Gasteiger partial charge in [-0.05, 0) is 60.5 Å². The van der Waals surface area contributed by atoms with Gasteiger partial charge in [0.05, 0.1) is 17.0 Å². The molecule has 1 aliphatic rings. The first kappa shape index (κ1) is 23.0. The maximum Gasteiger partial charge on any atom is 0.295 e. The van der Waals surface area contributed by atoms with E-state index in [0.29, 0.717) is 27.0 Å². The van der Waals surface area contributed by atoms with E-state index >= 15 is 0 Å². The lowest BCUT2D eigenvalue weighted by atomic mass is 9.98. The van der Waals surface area contributed by atoms with E-state index in [0.717, 1.165) is 5.56 Å². The SMILES string of the molecule is Cc1ccc(N2C(=O)c3oc4ccc(Cl)cc4c(=O)c3C2c2ccc(OCC(N)=O)cc2)cc1Cl. The van der Waals surface area contributed by atoms with Crippen LogP contribution < -0.4 is 20.8 Å². The Labute approximate surface area is 209 Å². The van der Waals surface area contributed by atoms with Crippen molar-refractivity contribution < 1.29 is 18.7 Å². The number of anilines is 1. The highest BCUT2D eigenvalue weighted by atomic mass is 35.5. The normalized spacial score (nSPS) is 14.9. The Morgan fingerprint density at radius 2 is 1.80 bits per heavy atom. The van der Waals surface area contributed by atoms with Crippen LogP contribution in [0.3, 0.4) is 0 Å². The van der Waals surface area contributed by atoms with E-state index < -0.39 is 17.9 Å². The summed E-state index contributed by atoms with van der Waals surface area (Å²) in [5.41, 5.74) is 7.26. The van der Waals surface area contributed by atoms with Gasteiger partial charge in [0.1, 0.15) is 11.3 Å². The zero-order valence-corrected chi connectivity index (χ0v) is 19.9. The average Bonchev–Trinajstić information content (AvgIpc) is 3.13. The van der Waals surface area contributed by atoms with E-state index in [1.807, 2.05) is 6.92 Å². The Bertz CT molecular complexity index is 1560. The molecule has 3 aromatic carbocycles.